The number of nitrogens with two attached hydrogens (primary N) is 1. The molecule has 0 amide bonds. The van der Waals surface area contributed by atoms with E-state index >= 15 is 0 Å². The molecular weight excluding hydrogens is 268 g/mol. The molecule has 0 aromatic carbocycles. The van der Waals surface area contributed by atoms with Crippen molar-refractivity contribution in [2.24, 2.45) is 10.9 Å². The standard InChI is InChI=1S/C15H22N4O2/c1-9-7-19(8-10(2)21-9)15-12(14(16)18-20)6-11-4-3-5-13(11)17-15/h6,9-10,20H,3-5,7-8H2,1-2H3,(H2,16,18)/t9-,10+. The number of aryl methyl sites for hydroxylation is 2. The summed E-state index contributed by atoms with van der Waals surface area (Å²) in [6.45, 7) is 5.64. The molecular formula is C15H22N4O2. The number of rotatable bonds is 2. The monoisotopic (exact) mass is 290 g/mol. The number of morpholine rings is 1. The molecule has 0 unspecified atom stereocenters. The number of anilines is 1. The summed E-state index contributed by atoms with van der Waals surface area (Å²) in [5, 5.41) is 12.2. The number of pyridine rings is 1. The highest BCUT2D eigenvalue weighted by Crippen LogP contribution is 2.29. The largest absolute Gasteiger partial charge is 0.409 e. The quantitative estimate of drug-likeness (QED) is 0.371. The zero-order valence-corrected chi connectivity index (χ0v) is 12.5. The first-order valence-corrected chi connectivity index (χ1v) is 7.49. The van der Waals surface area contributed by atoms with Crippen LogP contribution in [0.25, 0.3) is 0 Å². The van der Waals surface area contributed by atoms with Crippen LogP contribution in [0, 0.1) is 0 Å². The molecule has 1 fully saturated rings. The van der Waals surface area contributed by atoms with Crippen molar-refractivity contribution in [1.29, 1.82) is 0 Å². The summed E-state index contributed by atoms with van der Waals surface area (Å²) < 4.78 is 5.78. The topological polar surface area (TPSA) is 84.0 Å². The average molecular weight is 290 g/mol. The third-order valence-electron chi connectivity index (χ3n) is 4.13. The Bertz CT molecular complexity index is 563. The number of ether oxygens (including phenoxy) is 1. The lowest BCUT2D eigenvalue weighted by Crippen LogP contribution is -2.46. The molecule has 21 heavy (non-hydrogen) atoms. The van der Waals surface area contributed by atoms with E-state index in [1.54, 1.807) is 0 Å². The van der Waals surface area contributed by atoms with E-state index in [0.717, 1.165) is 49.4 Å². The Balaban J connectivity index is 2.03. The average Bonchev–Trinajstić information content (AvgIpc) is 2.91. The van der Waals surface area contributed by atoms with E-state index < -0.39 is 0 Å². The van der Waals surface area contributed by atoms with Crippen molar-refractivity contribution in [3.63, 3.8) is 0 Å². The molecule has 1 aromatic heterocycles. The summed E-state index contributed by atoms with van der Waals surface area (Å²) in [6, 6.07) is 2.03. The smallest absolute Gasteiger partial charge is 0.173 e. The second-order valence-corrected chi connectivity index (χ2v) is 5.97. The Morgan fingerprint density at radius 1 is 1.38 bits per heavy atom. The predicted molar refractivity (Wildman–Crippen MR) is 81.0 cm³/mol. The maximum atomic E-state index is 9.06. The number of aromatic nitrogens is 1. The molecule has 1 aliphatic carbocycles. The van der Waals surface area contributed by atoms with Crippen molar-refractivity contribution >= 4 is 11.7 Å². The van der Waals surface area contributed by atoms with E-state index in [-0.39, 0.29) is 18.0 Å². The summed E-state index contributed by atoms with van der Waals surface area (Å²) in [7, 11) is 0. The van der Waals surface area contributed by atoms with Crippen LogP contribution in [0.2, 0.25) is 0 Å². The molecule has 0 spiro atoms. The van der Waals surface area contributed by atoms with Crippen molar-refractivity contribution in [2.75, 3.05) is 18.0 Å². The molecule has 3 rings (SSSR count). The van der Waals surface area contributed by atoms with Gasteiger partial charge < -0.3 is 20.6 Å². The summed E-state index contributed by atoms with van der Waals surface area (Å²) in [5.41, 5.74) is 8.95. The van der Waals surface area contributed by atoms with Crippen LogP contribution in [0.4, 0.5) is 5.82 Å². The fraction of sp³-hybridized carbons (Fsp3) is 0.600. The number of nitrogens with zero attached hydrogens (tertiary/aromatic N) is 3. The molecule has 6 heteroatoms. The van der Waals surface area contributed by atoms with Gasteiger partial charge in [-0.2, -0.15) is 0 Å². The first kappa shape index (κ1) is 14.1. The van der Waals surface area contributed by atoms with Crippen LogP contribution in [-0.4, -0.2) is 41.3 Å². The van der Waals surface area contributed by atoms with Gasteiger partial charge in [-0.25, -0.2) is 4.98 Å². The number of amidine groups is 1. The number of hydrogen-bond acceptors (Lipinski definition) is 5. The van der Waals surface area contributed by atoms with Gasteiger partial charge in [0, 0.05) is 18.8 Å². The van der Waals surface area contributed by atoms with E-state index in [1.165, 1.54) is 5.56 Å². The first-order chi connectivity index (χ1) is 10.1. The molecule has 114 valence electrons. The van der Waals surface area contributed by atoms with Crippen molar-refractivity contribution in [3.05, 3.63) is 22.9 Å². The highest BCUT2D eigenvalue weighted by molar-refractivity contribution is 6.01. The number of oxime groups is 1. The van der Waals surface area contributed by atoms with Crippen LogP contribution in [0.5, 0.6) is 0 Å². The zero-order chi connectivity index (χ0) is 15.0. The second kappa shape index (κ2) is 5.52. The Kier molecular flexibility index (Phi) is 3.71. The fourth-order valence-corrected chi connectivity index (χ4v) is 3.30. The van der Waals surface area contributed by atoms with Crippen molar-refractivity contribution in [2.45, 2.75) is 45.3 Å². The van der Waals surface area contributed by atoms with Crippen molar-refractivity contribution in [1.82, 2.24) is 4.98 Å². The Morgan fingerprint density at radius 2 is 2.10 bits per heavy atom. The Morgan fingerprint density at radius 3 is 2.76 bits per heavy atom. The van der Waals surface area contributed by atoms with Crippen molar-refractivity contribution in [3.8, 4) is 0 Å². The summed E-state index contributed by atoms with van der Waals surface area (Å²) in [5.74, 6) is 0.937. The summed E-state index contributed by atoms with van der Waals surface area (Å²) in [4.78, 5) is 7.00. The second-order valence-electron chi connectivity index (χ2n) is 5.97. The predicted octanol–water partition coefficient (Wildman–Crippen LogP) is 1.28. The van der Waals surface area contributed by atoms with Gasteiger partial charge in [0.05, 0.1) is 17.8 Å². The number of hydrogen-bond donors (Lipinski definition) is 2. The van der Waals surface area contributed by atoms with Crippen LogP contribution in [-0.2, 0) is 17.6 Å². The number of fused-ring (bicyclic) bond motifs is 1. The molecule has 2 aliphatic rings. The zero-order valence-electron chi connectivity index (χ0n) is 12.5. The molecule has 0 saturated carbocycles. The lowest BCUT2D eigenvalue weighted by atomic mass is 10.1. The normalized spacial score (nSPS) is 26.0. The lowest BCUT2D eigenvalue weighted by molar-refractivity contribution is -0.00547. The van der Waals surface area contributed by atoms with Crippen LogP contribution in [0.15, 0.2) is 11.2 Å². The minimum Gasteiger partial charge on any atom is -0.409 e. The third kappa shape index (κ3) is 2.68. The van der Waals surface area contributed by atoms with Crippen LogP contribution in [0.1, 0.15) is 37.1 Å². The fourth-order valence-electron chi connectivity index (χ4n) is 3.30. The Labute approximate surface area is 124 Å². The first-order valence-electron chi connectivity index (χ1n) is 7.49. The van der Waals surface area contributed by atoms with E-state index in [0.29, 0.717) is 0 Å². The molecule has 3 N–H and O–H groups in total. The van der Waals surface area contributed by atoms with Gasteiger partial charge in [0.2, 0.25) is 0 Å². The molecule has 1 aromatic rings. The highest BCUT2D eigenvalue weighted by atomic mass is 16.5. The molecule has 1 saturated heterocycles. The molecule has 2 atom stereocenters. The SMILES string of the molecule is C[C@@H]1CN(c2nc3c(cc2C(N)=NO)CCC3)C[C@H](C)O1. The minimum atomic E-state index is 0.124. The van der Waals surface area contributed by atoms with E-state index in [1.807, 2.05) is 6.07 Å². The third-order valence-corrected chi connectivity index (χ3v) is 4.13. The van der Waals surface area contributed by atoms with Crippen LogP contribution in [0.3, 0.4) is 0 Å². The molecule has 0 radical (unpaired) electrons. The minimum absolute atomic E-state index is 0.124. The molecule has 6 nitrogen and oxygen atoms in total. The van der Waals surface area contributed by atoms with Gasteiger partial charge in [0.1, 0.15) is 5.82 Å². The van der Waals surface area contributed by atoms with Gasteiger partial charge in [-0.1, -0.05) is 5.16 Å². The summed E-state index contributed by atoms with van der Waals surface area (Å²) in [6.07, 6.45) is 3.43. The molecule has 2 heterocycles. The highest BCUT2D eigenvalue weighted by Gasteiger charge is 2.27. The van der Waals surface area contributed by atoms with E-state index in [4.69, 9.17) is 20.7 Å². The van der Waals surface area contributed by atoms with Crippen molar-refractivity contribution < 1.29 is 9.94 Å². The van der Waals surface area contributed by atoms with Gasteiger partial charge in [-0.15, -0.1) is 0 Å². The van der Waals surface area contributed by atoms with Crippen LogP contribution >= 0.6 is 0 Å². The summed E-state index contributed by atoms with van der Waals surface area (Å²) >= 11 is 0. The molecule has 0 bridgehead atoms. The van der Waals surface area contributed by atoms with Crippen LogP contribution < -0.4 is 10.6 Å². The van der Waals surface area contributed by atoms with Gasteiger partial charge in [-0.05, 0) is 44.7 Å². The lowest BCUT2D eigenvalue weighted by Gasteiger charge is -2.37. The maximum absolute atomic E-state index is 9.06. The van der Waals surface area contributed by atoms with E-state index in [2.05, 4.69) is 23.9 Å². The van der Waals surface area contributed by atoms with Gasteiger partial charge >= 0.3 is 0 Å². The Hall–Kier alpha value is -1.82. The van der Waals surface area contributed by atoms with Gasteiger partial charge in [-0.3, -0.25) is 0 Å². The van der Waals surface area contributed by atoms with Gasteiger partial charge in [0.25, 0.3) is 0 Å². The maximum Gasteiger partial charge on any atom is 0.173 e. The molecule has 1 aliphatic heterocycles. The van der Waals surface area contributed by atoms with Gasteiger partial charge in [0.15, 0.2) is 5.84 Å². The van der Waals surface area contributed by atoms with E-state index in [9.17, 15) is 0 Å².